The minimum Gasteiger partial charge on any atom is -0.237 e. The second-order valence-electron chi connectivity index (χ2n) is 3.91. The predicted molar refractivity (Wildman–Crippen MR) is 87.7 cm³/mol. The van der Waals surface area contributed by atoms with Crippen LogP contribution in [-0.4, -0.2) is 4.98 Å². The van der Waals surface area contributed by atoms with E-state index in [-0.39, 0.29) is 0 Å². The number of halogens is 1. The third-order valence-electron chi connectivity index (χ3n) is 2.58. The van der Waals surface area contributed by atoms with Crippen LogP contribution in [0.1, 0.15) is 10.6 Å². The van der Waals surface area contributed by atoms with Gasteiger partial charge in [0.15, 0.2) is 0 Å². The van der Waals surface area contributed by atoms with Gasteiger partial charge in [-0.15, -0.1) is 11.3 Å². The fraction of sp³-hybridized carbons (Fsp3) is 0. The molecule has 3 aromatic rings. The molecule has 0 N–H and O–H groups in total. The van der Waals surface area contributed by atoms with Crippen molar-refractivity contribution in [2.24, 2.45) is 0 Å². The number of rotatable bonds is 2. The normalized spacial score (nSPS) is 11.4. The molecule has 0 amide bonds. The molecule has 0 aliphatic rings. The van der Waals surface area contributed by atoms with E-state index in [0.29, 0.717) is 0 Å². The topological polar surface area (TPSA) is 12.9 Å². The standard InChI is InChI=1S/C15H10INS/c16-12-5-3-4-11(10-12)8-9-15-17-13-6-1-2-7-14(13)18-15/h1-10H/b9-8+. The molecule has 0 unspecified atom stereocenters. The lowest BCUT2D eigenvalue weighted by atomic mass is 10.2. The largest absolute Gasteiger partial charge is 0.237 e. The lowest BCUT2D eigenvalue weighted by Gasteiger charge is -1.93. The van der Waals surface area contributed by atoms with Gasteiger partial charge in [-0.3, -0.25) is 0 Å². The quantitative estimate of drug-likeness (QED) is 0.579. The molecule has 3 heteroatoms. The Morgan fingerprint density at radius 3 is 2.72 bits per heavy atom. The van der Waals surface area contributed by atoms with Crippen LogP contribution in [0.15, 0.2) is 48.5 Å². The number of thiazole rings is 1. The van der Waals surface area contributed by atoms with Gasteiger partial charge in [0.05, 0.1) is 10.2 Å². The van der Waals surface area contributed by atoms with Crippen LogP contribution in [0.5, 0.6) is 0 Å². The summed E-state index contributed by atoms with van der Waals surface area (Å²) >= 11 is 4.05. The van der Waals surface area contributed by atoms with Gasteiger partial charge in [0, 0.05) is 3.57 Å². The van der Waals surface area contributed by atoms with E-state index in [0.717, 1.165) is 10.5 Å². The summed E-state index contributed by atoms with van der Waals surface area (Å²) in [7, 11) is 0. The van der Waals surface area contributed by atoms with Crippen LogP contribution in [0.2, 0.25) is 0 Å². The van der Waals surface area contributed by atoms with E-state index in [2.05, 4.69) is 76.1 Å². The molecule has 0 bridgehead atoms. The monoisotopic (exact) mass is 363 g/mol. The number of nitrogens with zero attached hydrogens (tertiary/aromatic N) is 1. The molecule has 0 spiro atoms. The Balaban J connectivity index is 1.92. The van der Waals surface area contributed by atoms with E-state index in [1.807, 2.05) is 12.1 Å². The zero-order valence-corrected chi connectivity index (χ0v) is 12.5. The molecular weight excluding hydrogens is 353 g/mol. The first kappa shape index (κ1) is 11.9. The Morgan fingerprint density at radius 1 is 1.00 bits per heavy atom. The van der Waals surface area contributed by atoms with Crippen LogP contribution in [-0.2, 0) is 0 Å². The van der Waals surface area contributed by atoms with Gasteiger partial charge in [0.2, 0.25) is 0 Å². The number of aromatic nitrogens is 1. The molecular formula is C15H10INS. The van der Waals surface area contributed by atoms with Gasteiger partial charge < -0.3 is 0 Å². The summed E-state index contributed by atoms with van der Waals surface area (Å²) in [6.45, 7) is 0. The summed E-state index contributed by atoms with van der Waals surface area (Å²) in [6.07, 6.45) is 4.19. The Hall–Kier alpha value is -1.20. The highest BCUT2D eigenvalue weighted by Crippen LogP contribution is 2.23. The van der Waals surface area contributed by atoms with Crippen molar-refractivity contribution in [2.45, 2.75) is 0 Å². The average Bonchev–Trinajstić information content (AvgIpc) is 2.79. The Bertz CT molecular complexity index is 682. The second kappa shape index (κ2) is 5.20. The summed E-state index contributed by atoms with van der Waals surface area (Å²) < 4.78 is 2.49. The molecule has 1 nitrogen and oxygen atoms in total. The van der Waals surface area contributed by atoms with Crippen molar-refractivity contribution in [3.05, 3.63) is 62.7 Å². The molecule has 3 rings (SSSR count). The van der Waals surface area contributed by atoms with Crippen molar-refractivity contribution in [3.8, 4) is 0 Å². The first-order chi connectivity index (χ1) is 8.81. The van der Waals surface area contributed by atoms with Gasteiger partial charge in [0.25, 0.3) is 0 Å². The first-order valence-electron chi connectivity index (χ1n) is 5.60. The van der Waals surface area contributed by atoms with Crippen molar-refractivity contribution in [2.75, 3.05) is 0 Å². The van der Waals surface area contributed by atoms with E-state index in [9.17, 15) is 0 Å². The number of para-hydroxylation sites is 1. The fourth-order valence-electron chi connectivity index (χ4n) is 1.74. The first-order valence-corrected chi connectivity index (χ1v) is 7.50. The van der Waals surface area contributed by atoms with E-state index in [4.69, 9.17) is 0 Å². The maximum Gasteiger partial charge on any atom is 0.117 e. The van der Waals surface area contributed by atoms with E-state index >= 15 is 0 Å². The number of hydrogen-bond donors (Lipinski definition) is 0. The van der Waals surface area contributed by atoms with Gasteiger partial charge in [-0.1, -0.05) is 30.3 Å². The molecule has 1 heterocycles. The van der Waals surface area contributed by atoms with Crippen molar-refractivity contribution in [1.29, 1.82) is 0 Å². The Morgan fingerprint density at radius 2 is 1.89 bits per heavy atom. The zero-order chi connectivity index (χ0) is 12.4. The fourth-order valence-corrected chi connectivity index (χ4v) is 3.18. The third kappa shape index (κ3) is 2.62. The molecule has 1 aromatic heterocycles. The maximum absolute atomic E-state index is 4.58. The van der Waals surface area contributed by atoms with E-state index in [1.165, 1.54) is 13.8 Å². The van der Waals surface area contributed by atoms with Crippen molar-refractivity contribution >= 4 is 56.3 Å². The summed E-state index contributed by atoms with van der Waals surface area (Å²) in [5.41, 5.74) is 2.28. The minimum absolute atomic E-state index is 1.05. The van der Waals surface area contributed by atoms with Crippen molar-refractivity contribution < 1.29 is 0 Å². The van der Waals surface area contributed by atoms with Crippen LogP contribution < -0.4 is 0 Å². The van der Waals surface area contributed by atoms with E-state index < -0.39 is 0 Å². The van der Waals surface area contributed by atoms with E-state index in [1.54, 1.807) is 11.3 Å². The molecule has 0 aliphatic heterocycles. The predicted octanol–water partition coefficient (Wildman–Crippen LogP) is 5.07. The molecule has 18 heavy (non-hydrogen) atoms. The average molecular weight is 363 g/mol. The van der Waals surface area contributed by atoms with Crippen molar-refractivity contribution in [1.82, 2.24) is 4.98 Å². The van der Waals surface area contributed by atoms with Gasteiger partial charge in [-0.05, 0) is 58.5 Å². The molecule has 0 fully saturated rings. The summed E-state index contributed by atoms with van der Waals surface area (Å²) in [6, 6.07) is 16.7. The van der Waals surface area contributed by atoms with Crippen LogP contribution >= 0.6 is 33.9 Å². The molecule has 2 aromatic carbocycles. The molecule has 88 valence electrons. The number of benzene rings is 2. The number of fused-ring (bicyclic) bond motifs is 1. The number of hydrogen-bond acceptors (Lipinski definition) is 2. The highest BCUT2D eigenvalue weighted by atomic mass is 127. The summed E-state index contributed by atoms with van der Waals surface area (Å²) in [5, 5.41) is 1.05. The van der Waals surface area contributed by atoms with Gasteiger partial charge in [0.1, 0.15) is 5.01 Å². The molecule has 0 radical (unpaired) electrons. The Kier molecular flexibility index (Phi) is 3.43. The SMILES string of the molecule is Ic1cccc(/C=C/c2nc3ccccc3s2)c1. The summed E-state index contributed by atoms with van der Waals surface area (Å²) in [5.74, 6) is 0. The smallest absolute Gasteiger partial charge is 0.117 e. The van der Waals surface area contributed by atoms with Crippen LogP contribution in [0.4, 0.5) is 0 Å². The minimum atomic E-state index is 1.05. The van der Waals surface area contributed by atoms with Crippen molar-refractivity contribution in [3.63, 3.8) is 0 Å². The summed E-state index contributed by atoms with van der Waals surface area (Å²) in [4.78, 5) is 4.58. The molecule has 0 saturated carbocycles. The van der Waals surface area contributed by atoms with Crippen LogP contribution in [0.25, 0.3) is 22.4 Å². The van der Waals surface area contributed by atoms with Crippen LogP contribution in [0.3, 0.4) is 0 Å². The lowest BCUT2D eigenvalue weighted by molar-refractivity contribution is 1.46. The Labute approximate surface area is 123 Å². The molecule has 0 aliphatic carbocycles. The van der Waals surface area contributed by atoms with Crippen LogP contribution in [0, 0.1) is 3.57 Å². The third-order valence-corrected chi connectivity index (χ3v) is 4.25. The second-order valence-corrected chi connectivity index (χ2v) is 6.22. The highest BCUT2D eigenvalue weighted by molar-refractivity contribution is 14.1. The lowest BCUT2D eigenvalue weighted by Crippen LogP contribution is -1.74. The van der Waals surface area contributed by atoms with Gasteiger partial charge in [-0.2, -0.15) is 0 Å². The zero-order valence-electron chi connectivity index (χ0n) is 9.51. The molecule has 0 atom stereocenters. The van der Waals surface area contributed by atoms with Gasteiger partial charge in [-0.25, -0.2) is 4.98 Å². The maximum atomic E-state index is 4.58. The van der Waals surface area contributed by atoms with Gasteiger partial charge >= 0.3 is 0 Å². The highest BCUT2D eigenvalue weighted by Gasteiger charge is 1.99. The molecule has 0 saturated heterocycles.